The lowest BCUT2D eigenvalue weighted by atomic mass is 10.3. The molecule has 2 rings (SSSR count). The molecule has 0 spiro atoms. The first-order valence-corrected chi connectivity index (χ1v) is 8.48. The van der Waals surface area contributed by atoms with E-state index in [2.05, 4.69) is 5.32 Å². The van der Waals surface area contributed by atoms with Crippen LogP contribution in [0.5, 0.6) is 0 Å². The number of nitrogens with zero attached hydrogens (tertiary/aromatic N) is 1. The highest BCUT2D eigenvalue weighted by Gasteiger charge is 2.26. The van der Waals surface area contributed by atoms with Crippen molar-refractivity contribution in [1.29, 1.82) is 0 Å². The normalized spacial score (nSPS) is 15.4. The smallest absolute Gasteiger partial charge is 0.326 e. The van der Waals surface area contributed by atoms with Gasteiger partial charge in [-0.05, 0) is 25.1 Å². The number of halogens is 2. The summed E-state index contributed by atoms with van der Waals surface area (Å²) in [5.74, 6) is -0.527. The lowest BCUT2D eigenvalue weighted by Crippen LogP contribution is -2.36. The molecule has 0 aromatic heterocycles. The van der Waals surface area contributed by atoms with E-state index in [9.17, 15) is 14.4 Å². The molecule has 23 heavy (non-hydrogen) atoms. The van der Waals surface area contributed by atoms with Gasteiger partial charge in [0.15, 0.2) is 6.10 Å². The van der Waals surface area contributed by atoms with Crippen molar-refractivity contribution in [2.75, 3.05) is 24.2 Å². The number of carbonyl (C=O) groups is 3. The molecule has 124 valence electrons. The van der Waals surface area contributed by atoms with Crippen molar-refractivity contribution in [2.45, 2.75) is 13.0 Å². The van der Waals surface area contributed by atoms with E-state index < -0.39 is 18.0 Å². The molecule has 9 heteroatoms. The van der Waals surface area contributed by atoms with Crippen LogP contribution in [0, 0.1) is 0 Å². The number of ether oxygens (including phenoxy) is 1. The lowest BCUT2D eigenvalue weighted by molar-refractivity contribution is -0.153. The van der Waals surface area contributed by atoms with Gasteiger partial charge in [0.2, 0.25) is 0 Å². The summed E-state index contributed by atoms with van der Waals surface area (Å²) in [7, 11) is 0. The van der Waals surface area contributed by atoms with Gasteiger partial charge in [0.25, 0.3) is 11.1 Å². The summed E-state index contributed by atoms with van der Waals surface area (Å²) < 4.78 is 5.03. The van der Waals surface area contributed by atoms with Gasteiger partial charge in [-0.2, -0.15) is 0 Å². The minimum Gasteiger partial charge on any atom is -0.451 e. The van der Waals surface area contributed by atoms with Gasteiger partial charge < -0.3 is 15.0 Å². The highest BCUT2D eigenvalue weighted by atomic mass is 35.5. The van der Waals surface area contributed by atoms with Crippen molar-refractivity contribution >= 4 is 57.8 Å². The second kappa shape index (κ2) is 7.90. The lowest BCUT2D eigenvalue weighted by Gasteiger charge is -2.17. The Morgan fingerprint density at radius 2 is 2.17 bits per heavy atom. The van der Waals surface area contributed by atoms with E-state index in [1.54, 1.807) is 12.1 Å². The molecule has 0 bridgehead atoms. The summed E-state index contributed by atoms with van der Waals surface area (Å²) in [4.78, 5) is 36.6. The fraction of sp³-hybridized carbons (Fsp3) is 0.357. The molecule has 1 aliphatic heterocycles. The van der Waals surface area contributed by atoms with Gasteiger partial charge in [-0.3, -0.25) is 14.4 Å². The SMILES string of the molecule is C[C@@H](OC(=O)CN1CCSC1=O)C(=O)Nc1cc(Cl)ccc1Cl. The van der Waals surface area contributed by atoms with E-state index in [0.29, 0.717) is 28.0 Å². The highest BCUT2D eigenvalue weighted by Crippen LogP contribution is 2.25. The Labute approximate surface area is 147 Å². The third-order valence-corrected chi connectivity index (χ3v) is 4.49. The van der Waals surface area contributed by atoms with Crippen molar-refractivity contribution in [2.24, 2.45) is 0 Å². The molecule has 1 aromatic rings. The van der Waals surface area contributed by atoms with Crippen molar-refractivity contribution in [3.8, 4) is 0 Å². The summed E-state index contributed by atoms with van der Waals surface area (Å²) in [6.45, 7) is 1.77. The number of nitrogens with one attached hydrogen (secondary N) is 1. The molecule has 0 unspecified atom stereocenters. The average molecular weight is 377 g/mol. The van der Waals surface area contributed by atoms with Gasteiger partial charge in [-0.15, -0.1) is 0 Å². The van der Waals surface area contributed by atoms with Crippen molar-refractivity contribution in [1.82, 2.24) is 4.90 Å². The Bertz CT molecular complexity index is 641. The van der Waals surface area contributed by atoms with E-state index >= 15 is 0 Å². The van der Waals surface area contributed by atoms with Crippen LogP contribution in [-0.4, -0.2) is 47.0 Å². The summed E-state index contributed by atoms with van der Waals surface area (Å²) >= 11 is 12.9. The van der Waals surface area contributed by atoms with Crippen LogP contribution in [0.4, 0.5) is 10.5 Å². The van der Waals surface area contributed by atoms with Crippen molar-refractivity contribution in [3.63, 3.8) is 0 Å². The van der Waals surface area contributed by atoms with Crippen LogP contribution < -0.4 is 5.32 Å². The number of benzene rings is 1. The molecule has 1 aliphatic rings. The highest BCUT2D eigenvalue weighted by molar-refractivity contribution is 8.13. The molecule has 0 aliphatic carbocycles. The number of esters is 1. The van der Waals surface area contributed by atoms with E-state index in [1.807, 2.05) is 0 Å². The Kier molecular flexibility index (Phi) is 6.15. The summed E-state index contributed by atoms with van der Waals surface area (Å²) in [5, 5.41) is 3.12. The quantitative estimate of drug-likeness (QED) is 0.799. The predicted molar refractivity (Wildman–Crippen MR) is 90.1 cm³/mol. The zero-order valence-corrected chi connectivity index (χ0v) is 14.5. The second-order valence-corrected chi connectivity index (χ2v) is 6.67. The first-order valence-electron chi connectivity index (χ1n) is 6.74. The average Bonchev–Trinajstić information content (AvgIpc) is 2.88. The van der Waals surface area contributed by atoms with Crippen LogP contribution >= 0.6 is 35.0 Å². The molecule has 0 saturated carbocycles. The van der Waals surface area contributed by atoms with Crippen LogP contribution in [-0.2, 0) is 14.3 Å². The van der Waals surface area contributed by atoms with Crippen molar-refractivity contribution in [3.05, 3.63) is 28.2 Å². The summed E-state index contributed by atoms with van der Waals surface area (Å²) in [6, 6.07) is 4.64. The topological polar surface area (TPSA) is 75.7 Å². The maximum absolute atomic E-state index is 12.0. The number of carbonyl (C=O) groups excluding carboxylic acids is 3. The number of hydrogen-bond acceptors (Lipinski definition) is 5. The minimum atomic E-state index is -1.03. The van der Waals surface area contributed by atoms with E-state index in [4.69, 9.17) is 27.9 Å². The molecule has 2 amide bonds. The number of thioether (sulfide) groups is 1. The largest absolute Gasteiger partial charge is 0.451 e. The fourth-order valence-corrected chi connectivity index (χ4v) is 3.00. The van der Waals surface area contributed by atoms with E-state index in [0.717, 1.165) is 11.8 Å². The zero-order chi connectivity index (χ0) is 17.0. The minimum absolute atomic E-state index is 0.162. The standard InChI is InChI=1S/C14H14Cl2N2O4S/c1-8(22-12(19)7-18-4-5-23-14(18)21)13(20)17-11-6-9(15)2-3-10(11)16/h2-3,6,8H,4-5,7H2,1H3,(H,17,20)/t8-/m1/s1. The number of amides is 2. The Morgan fingerprint density at radius 3 is 2.83 bits per heavy atom. The molecule has 6 nitrogen and oxygen atoms in total. The molecular weight excluding hydrogens is 363 g/mol. The molecular formula is C14H14Cl2N2O4S. The molecule has 1 fully saturated rings. The zero-order valence-electron chi connectivity index (χ0n) is 12.2. The van der Waals surface area contributed by atoms with Gasteiger partial charge in [0.1, 0.15) is 6.54 Å². The fourth-order valence-electron chi connectivity index (χ4n) is 1.84. The third-order valence-electron chi connectivity index (χ3n) is 3.03. The second-order valence-electron chi connectivity index (χ2n) is 4.78. The Balaban J connectivity index is 1.88. The van der Waals surface area contributed by atoms with Gasteiger partial charge in [-0.25, -0.2) is 0 Å². The molecule has 1 N–H and O–H groups in total. The van der Waals surface area contributed by atoms with Crippen LogP contribution in [0.15, 0.2) is 18.2 Å². The summed E-state index contributed by atoms with van der Waals surface area (Å²) in [5.41, 5.74) is 0.332. The van der Waals surface area contributed by atoms with Gasteiger partial charge >= 0.3 is 5.97 Å². The Hall–Kier alpha value is -1.44. The number of rotatable bonds is 5. The number of hydrogen-bond donors (Lipinski definition) is 1. The molecule has 1 saturated heterocycles. The van der Waals surface area contributed by atoms with E-state index in [1.165, 1.54) is 17.9 Å². The first-order chi connectivity index (χ1) is 10.9. The van der Waals surface area contributed by atoms with Crippen LogP contribution in [0.3, 0.4) is 0 Å². The monoisotopic (exact) mass is 376 g/mol. The molecule has 1 aromatic carbocycles. The van der Waals surface area contributed by atoms with E-state index in [-0.39, 0.29) is 11.8 Å². The van der Waals surface area contributed by atoms with Crippen molar-refractivity contribution < 1.29 is 19.1 Å². The number of anilines is 1. The van der Waals surface area contributed by atoms with Gasteiger partial charge in [0.05, 0.1) is 10.7 Å². The third kappa shape index (κ3) is 5.02. The molecule has 1 heterocycles. The van der Waals surface area contributed by atoms with Gasteiger partial charge in [0, 0.05) is 17.3 Å². The maximum Gasteiger partial charge on any atom is 0.326 e. The predicted octanol–water partition coefficient (Wildman–Crippen LogP) is 3.03. The van der Waals surface area contributed by atoms with Crippen LogP contribution in [0.25, 0.3) is 0 Å². The van der Waals surface area contributed by atoms with Gasteiger partial charge in [-0.1, -0.05) is 35.0 Å². The molecule has 1 atom stereocenters. The van der Waals surface area contributed by atoms with Crippen LogP contribution in [0.2, 0.25) is 10.0 Å². The Morgan fingerprint density at radius 1 is 1.43 bits per heavy atom. The summed E-state index contributed by atoms with van der Waals surface area (Å²) in [6.07, 6.45) is -1.03. The molecule has 0 radical (unpaired) electrons. The first kappa shape index (κ1) is 17.9. The maximum atomic E-state index is 12.0. The van der Waals surface area contributed by atoms with Crippen LogP contribution in [0.1, 0.15) is 6.92 Å².